The maximum atomic E-state index is 13.4. The standard InChI is InChI=1S/C58H103N2O7P/c1-7-10-13-16-19-22-25-28-29-30-31-33-35-38-41-44-47-50-57(61)59-55(54-66-68(63,64)65-53-52-60(4,5)6)56(49-46-43-40-37-34-27-24-21-18-15-12-9-3)67-58(62)51-48-45-42-39-36-32-26-23-20-17-14-11-8-2/h10,13,19,22,28-29,31-33,36,38,41,46,49,55-56H,7-9,11-12,14-18,20-21,23-27,30,34-35,37,39-40,42-45,47-48,50-54H2,1-6H3,(H-,59,61,63,64)/p+1/b13-10-,22-19-,29-28-,33-31-,36-32-,41-38-,49-46-. The Morgan fingerprint density at radius 1 is 0.529 bits per heavy atom. The van der Waals surface area contributed by atoms with E-state index in [9.17, 15) is 19.0 Å². The van der Waals surface area contributed by atoms with Crippen LogP contribution < -0.4 is 5.32 Å². The van der Waals surface area contributed by atoms with Gasteiger partial charge in [-0.05, 0) is 96.0 Å². The molecule has 0 saturated heterocycles. The zero-order valence-corrected chi connectivity index (χ0v) is 45.5. The Hall–Kier alpha value is -2.81. The van der Waals surface area contributed by atoms with Crippen LogP contribution >= 0.6 is 7.82 Å². The molecule has 0 aliphatic carbocycles. The van der Waals surface area contributed by atoms with Crippen LogP contribution in [0.3, 0.4) is 0 Å². The third-order valence-corrected chi connectivity index (χ3v) is 12.6. The molecule has 0 fully saturated rings. The fourth-order valence-electron chi connectivity index (χ4n) is 7.32. The molecule has 10 heteroatoms. The van der Waals surface area contributed by atoms with E-state index in [2.05, 4.69) is 99.0 Å². The molecule has 68 heavy (non-hydrogen) atoms. The number of phosphoric acid groups is 1. The van der Waals surface area contributed by atoms with Crippen LogP contribution in [-0.4, -0.2) is 74.3 Å². The number of esters is 1. The van der Waals surface area contributed by atoms with E-state index in [-0.39, 0.29) is 37.9 Å². The molecular formula is C58H104N2O7P+. The molecule has 1 amide bonds. The van der Waals surface area contributed by atoms with Crippen molar-refractivity contribution in [2.75, 3.05) is 40.9 Å². The topological polar surface area (TPSA) is 111 Å². The lowest BCUT2D eigenvalue weighted by atomic mass is 10.1. The van der Waals surface area contributed by atoms with E-state index in [1.807, 2.05) is 33.3 Å². The number of carbonyl (C=O) groups is 2. The molecule has 9 nitrogen and oxygen atoms in total. The zero-order chi connectivity index (χ0) is 50.1. The molecular weight excluding hydrogens is 868 g/mol. The quantitative estimate of drug-likeness (QED) is 0.0205. The predicted molar refractivity (Wildman–Crippen MR) is 291 cm³/mol. The fourth-order valence-corrected chi connectivity index (χ4v) is 8.06. The van der Waals surface area contributed by atoms with Gasteiger partial charge in [-0.2, -0.15) is 0 Å². The summed E-state index contributed by atoms with van der Waals surface area (Å²) in [5.41, 5.74) is 0. The van der Waals surface area contributed by atoms with Crippen LogP contribution in [0.2, 0.25) is 0 Å². The number of ether oxygens (including phenoxy) is 1. The number of nitrogens with zero attached hydrogens (tertiary/aromatic N) is 1. The van der Waals surface area contributed by atoms with Gasteiger partial charge in [0.1, 0.15) is 19.3 Å². The highest BCUT2D eigenvalue weighted by Crippen LogP contribution is 2.43. The number of unbranched alkanes of at least 4 members (excludes halogenated alkanes) is 20. The molecule has 0 aromatic rings. The van der Waals surface area contributed by atoms with Gasteiger partial charge in [-0.3, -0.25) is 18.6 Å². The minimum atomic E-state index is -4.46. The van der Waals surface area contributed by atoms with Crippen molar-refractivity contribution in [1.29, 1.82) is 0 Å². The SMILES string of the molecule is CC/C=C\C/C=C\C/C=C\C/C=C\C/C=C\CCCC(=O)NC(COP(=O)(O)OCC[N+](C)(C)C)C(/C=C\CCCCCCCCCCCC)OC(=O)CCCCC/C=C\CCCCCCCC. The van der Waals surface area contributed by atoms with Gasteiger partial charge in [0.25, 0.3) is 0 Å². The monoisotopic (exact) mass is 972 g/mol. The van der Waals surface area contributed by atoms with E-state index in [0.29, 0.717) is 23.9 Å². The van der Waals surface area contributed by atoms with Gasteiger partial charge >= 0.3 is 13.8 Å². The van der Waals surface area contributed by atoms with Crippen LogP contribution in [0.15, 0.2) is 85.1 Å². The third-order valence-electron chi connectivity index (χ3n) is 11.6. The molecule has 0 aromatic carbocycles. The summed E-state index contributed by atoms with van der Waals surface area (Å²) in [7, 11) is 1.44. The Morgan fingerprint density at radius 2 is 0.956 bits per heavy atom. The summed E-state index contributed by atoms with van der Waals surface area (Å²) < 4.78 is 30.5. The number of nitrogens with one attached hydrogen (secondary N) is 1. The van der Waals surface area contributed by atoms with Gasteiger partial charge in [0, 0.05) is 12.8 Å². The molecule has 0 radical (unpaired) electrons. The van der Waals surface area contributed by atoms with E-state index in [4.69, 9.17) is 13.8 Å². The second kappa shape index (κ2) is 47.8. The average molecular weight is 972 g/mol. The molecule has 0 aliphatic rings. The normalized spacial score (nSPS) is 14.5. The van der Waals surface area contributed by atoms with Gasteiger partial charge in [-0.1, -0.05) is 196 Å². The van der Waals surface area contributed by atoms with E-state index in [1.54, 1.807) is 0 Å². The first kappa shape index (κ1) is 65.2. The molecule has 2 N–H and O–H groups in total. The summed E-state index contributed by atoms with van der Waals surface area (Å²) in [5, 5.41) is 3.00. The number of hydrogen-bond donors (Lipinski definition) is 2. The van der Waals surface area contributed by atoms with Crippen molar-refractivity contribution < 1.29 is 37.3 Å². The van der Waals surface area contributed by atoms with Crippen LogP contribution in [0.1, 0.15) is 220 Å². The van der Waals surface area contributed by atoms with Crippen molar-refractivity contribution in [3.8, 4) is 0 Å². The van der Waals surface area contributed by atoms with Crippen LogP contribution in [0, 0.1) is 0 Å². The van der Waals surface area contributed by atoms with Crippen molar-refractivity contribution >= 4 is 19.7 Å². The van der Waals surface area contributed by atoms with Gasteiger partial charge in [0.2, 0.25) is 5.91 Å². The first-order valence-electron chi connectivity index (χ1n) is 27.4. The molecule has 0 rings (SSSR count). The van der Waals surface area contributed by atoms with Crippen molar-refractivity contribution in [2.24, 2.45) is 0 Å². The number of amides is 1. The summed E-state index contributed by atoms with van der Waals surface area (Å²) in [6.07, 6.45) is 61.6. The van der Waals surface area contributed by atoms with Crippen molar-refractivity contribution in [2.45, 2.75) is 232 Å². The predicted octanol–water partition coefficient (Wildman–Crippen LogP) is 16.3. The summed E-state index contributed by atoms with van der Waals surface area (Å²) in [6.45, 7) is 6.81. The van der Waals surface area contributed by atoms with Gasteiger partial charge in [-0.15, -0.1) is 0 Å². The van der Waals surface area contributed by atoms with Crippen LogP contribution in [-0.2, 0) is 27.9 Å². The summed E-state index contributed by atoms with van der Waals surface area (Å²) in [5.74, 6) is -0.598. The van der Waals surface area contributed by atoms with E-state index < -0.39 is 20.0 Å². The van der Waals surface area contributed by atoms with Crippen molar-refractivity contribution in [1.82, 2.24) is 5.32 Å². The second-order valence-electron chi connectivity index (χ2n) is 19.4. The molecule has 0 heterocycles. The first-order chi connectivity index (χ1) is 32.9. The van der Waals surface area contributed by atoms with Crippen molar-refractivity contribution in [3.05, 3.63) is 85.1 Å². The molecule has 3 atom stereocenters. The number of likely N-dealkylation sites (N-methyl/N-ethyl adjacent to an activating group) is 1. The summed E-state index contributed by atoms with van der Waals surface area (Å²) >= 11 is 0. The molecule has 0 saturated carbocycles. The molecule has 392 valence electrons. The molecule has 0 aliphatic heterocycles. The molecule has 0 aromatic heterocycles. The highest BCUT2D eigenvalue weighted by molar-refractivity contribution is 7.47. The van der Waals surface area contributed by atoms with Crippen LogP contribution in [0.5, 0.6) is 0 Å². The lowest BCUT2D eigenvalue weighted by Gasteiger charge is -2.27. The molecule has 0 bridgehead atoms. The number of hydrogen-bond acceptors (Lipinski definition) is 6. The number of quaternary nitrogens is 1. The Kier molecular flexibility index (Phi) is 45.9. The Bertz CT molecular complexity index is 1440. The lowest BCUT2D eigenvalue weighted by molar-refractivity contribution is -0.870. The minimum Gasteiger partial charge on any atom is -0.456 e. The van der Waals surface area contributed by atoms with Crippen LogP contribution in [0.25, 0.3) is 0 Å². The Labute approximate surface area is 418 Å². The van der Waals surface area contributed by atoms with Crippen molar-refractivity contribution in [3.63, 3.8) is 0 Å². The smallest absolute Gasteiger partial charge is 0.456 e. The maximum absolute atomic E-state index is 13.4. The minimum absolute atomic E-state index is 0.0240. The average Bonchev–Trinajstić information content (AvgIpc) is 3.29. The largest absolute Gasteiger partial charge is 0.472 e. The number of rotatable bonds is 48. The van der Waals surface area contributed by atoms with E-state index >= 15 is 0 Å². The summed E-state index contributed by atoms with van der Waals surface area (Å²) in [6, 6.07) is -0.886. The Balaban J connectivity index is 5.52. The fraction of sp³-hybridized carbons (Fsp3) is 0.724. The number of carbonyl (C=O) groups excluding carboxylic acids is 2. The van der Waals surface area contributed by atoms with Gasteiger partial charge in [0.05, 0.1) is 33.8 Å². The van der Waals surface area contributed by atoms with Gasteiger partial charge in [0.15, 0.2) is 0 Å². The third kappa shape index (κ3) is 48.2. The number of phosphoric ester groups is 1. The Morgan fingerprint density at radius 3 is 1.46 bits per heavy atom. The summed E-state index contributed by atoms with van der Waals surface area (Å²) in [4.78, 5) is 37.5. The van der Waals surface area contributed by atoms with Gasteiger partial charge < -0.3 is 19.4 Å². The van der Waals surface area contributed by atoms with Crippen LogP contribution in [0.4, 0.5) is 0 Å². The first-order valence-corrected chi connectivity index (χ1v) is 28.9. The molecule has 0 spiro atoms. The highest BCUT2D eigenvalue weighted by atomic mass is 31.2. The van der Waals surface area contributed by atoms with Gasteiger partial charge in [-0.25, -0.2) is 4.57 Å². The zero-order valence-electron chi connectivity index (χ0n) is 44.6. The highest BCUT2D eigenvalue weighted by Gasteiger charge is 2.30. The maximum Gasteiger partial charge on any atom is 0.472 e. The number of allylic oxidation sites excluding steroid dienone is 13. The van der Waals surface area contributed by atoms with E-state index in [0.717, 1.165) is 83.5 Å². The molecule has 3 unspecified atom stereocenters. The van der Waals surface area contributed by atoms with E-state index in [1.165, 1.54) is 89.9 Å². The lowest BCUT2D eigenvalue weighted by Crippen LogP contribution is -2.47. The second-order valence-corrected chi connectivity index (χ2v) is 20.8.